The molecule has 0 N–H and O–H groups in total. The minimum Gasteiger partial charge on any atom is -0.365 e. The van der Waals surface area contributed by atoms with Gasteiger partial charge in [0.1, 0.15) is 6.10 Å². The lowest BCUT2D eigenvalue weighted by Gasteiger charge is -1.92. The fraction of sp³-hybridized carbons (Fsp3) is 0.800. The highest BCUT2D eigenvalue weighted by molar-refractivity contribution is 5.88. The number of hydrogen-bond acceptors (Lipinski definition) is 2. The zero-order valence-electron chi connectivity index (χ0n) is 4.56. The molecule has 0 spiro atoms. The zero-order valence-corrected chi connectivity index (χ0v) is 4.56. The van der Waals surface area contributed by atoms with Crippen molar-refractivity contribution in [2.24, 2.45) is 0 Å². The summed E-state index contributed by atoms with van der Waals surface area (Å²) in [5, 5.41) is 0. The molecule has 46 valence electrons. The Hall–Kier alpha value is -0.440. The van der Waals surface area contributed by atoms with Gasteiger partial charge in [-0.1, -0.05) is 0 Å². The number of epoxide rings is 1. The van der Waals surface area contributed by atoms with Crippen LogP contribution < -0.4 is 0 Å². The number of carbonyl (C=O) groups is 1. The van der Waals surface area contributed by atoms with Crippen LogP contribution in [0, 0.1) is 0 Å². The van der Waals surface area contributed by atoms with Crippen molar-refractivity contribution in [1.29, 1.82) is 0 Å². The van der Waals surface area contributed by atoms with Gasteiger partial charge in [0.25, 0.3) is 0 Å². The van der Waals surface area contributed by atoms with E-state index >= 15 is 0 Å². The molecule has 1 heterocycles. The number of carbonyl (C=O) groups excluding carboxylic acids is 1. The molecule has 1 saturated heterocycles. The molecular weight excluding hydrogens is 111 g/mol. The molecule has 3 heteroatoms. The Labute approximate surface area is 46.6 Å². The van der Waals surface area contributed by atoms with E-state index in [1.165, 1.54) is 6.92 Å². The second kappa shape index (κ2) is 1.82. The number of rotatable bonds is 2. The molecule has 1 aliphatic rings. The summed E-state index contributed by atoms with van der Waals surface area (Å²) >= 11 is 0. The Morgan fingerprint density at radius 2 is 2.50 bits per heavy atom. The lowest BCUT2D eigenvalue weighted by Crippen LogP contribution is -2.17. The topological polar surface area (TPSA) is 29.6 Å². The van der Waals surface area contributed by atoms with Crippen molar-refractivity contribution in [2.45, 2.75) is 19.2 Å². The minimum atomic E-state index is -1.36. The lowest BCUT2D eigenvalue weighted by atomic mass is 10.2. The first-order valence-corrected chi connectivity index (χ1v) is 2.51. The van der Waals surface area contributed by atoms with Crippen LogP contribution >= 0.6 is 0 Å². The summed E-state index contributed by atoms with van der Waals surface area (Å²) in [5.41, 5.74) is 0. The Kier molecular flexibility index (Phi) is 1.29. The molecular formula is C5H7FO2. The zero-order chi connectivity index (χ0) is 6.15. The van der Waals surface area contributed by atoms with Crippen LogP contribution in [0.15, 0.2) is 0 Å². The monoisotopic (exact) mass is 118 g/mol. The molecule has 2 atom stereocenters. The van der Waals surface area contributed by atoms with Gasteiger partial charge < -0.3 is 4.74 Å². The molecule has 0 aromatic carbocycles. The summed E-state index contributed by atoms with van der Waals surface area (Å²) in [5.74, 6) is -0.426. The summed E-state index contributed by atoms with van der Waals surface area (Å²) in [6, 6.07) is 0. The predicted molar refractivity (Wildman–Crippen MR) is 25.3 cm³/mol. The lowest BCUT2D eigenvalue weighted by molar-refractivity contribution is -0.124. The van der Waals surface area contributed by atoms with E-state index < -0.39 is 18.1 Å². The molecule has 0 bridgehead atoms. The van der Waals surface area contributed by atoms with Crippen LogP contribution in [0.2, 0.25) is 0 Å². The Morgan fingerprint density at radius 1 is 2.00 bits per heavy atom. The highest BCUT2D eigenvalue weighted by Gasteiger charge is 2.34. The van der Waals surface area contributed by atoms with Crippen molar-refractivity contribution >= 4 is 5.78 Å². The maximum atomic E-state index is 12.0. The summed E-state index contributed by atoms with van der Waals surface area (Å²) in [6.07, 6.45) is -1.78. The number of halogens is 1. The third-order valence-electron chi connectivity index (χ3n) is 1.04. The Balaban J connectivity index is 2.33. The van der Waals surface area contributed by atoms with Gasteiger partial charge in [0, 0.05) is 0 Å². The van der Waals surface area contributed by atoms with Crippen molar-refractivity contribution in [3.8, 4) is 0 Å². The maximum Gasteiger partial charge on any atom is 0.197 e. The molecule has 0 aromatic heterocycles. The summed E-state index contributed by atoms with van der Waals surface area (Å²) in [6.45, 7) is 1.64. The third-order valence-corrected chi connectivity index (χ3v) is 1.04. The number of hydrogen-bond donors (Lipinski definition) is 0. The molecule has 0 aromatic rings. The predicted octanol–water partition coefficient (Wildman–Crippen LogP) is 0.312. The van der Waals surface area contributed by atoms with Gasteiger partial charge >= 0.3 is 0 Å². The third kappa shape index (κ3) is 1.04. The quantitative estimate of drug-likeness (QED) is 0.488. The molecule has 1 unspecified atom stereocenters. The average Bonchev–Trinajstić information content (AvgIpc) is 2.43. The van der Waals surface area contributed by atoms with Gasteiger partial charge in [-0.25, -0.2) is 4.39 Å². The van der Waals surface area contributed by atoms with E-state index in [4.69, 9.17) is 0 Å². The van der Waals surface area contributed by atoms with Crippen molar-refractivity contribution < 1.29 is 13.9 Å². The summed E-state index contributed by atoms with van der Waals surface area (Å²) < 4.78 is 16.5. The van der Waals surface area contributed by atoms with Crippen LogP contribution in [0.4, 0.5) is 4.39 Å². The smallest absolute Gasteiger partial charge is 0.197 e. The van der Waals surface area contributed by atoms with Crippen molar-refractivity contribution in [3.05, 3.63) is 0 Å². The molecule has 0 radical (unpaired) electrons. The van der Waals surface area contributed by atoms with Crippen LogP contribution in [-0.2, 0) is 9.53 Å². The molecule has 0 amide bonds. The van der Waals surface area contributed by atoms with Gasteiger partial charge in [-0.15, -0.1) is 0 Å². The fourth-order valence-corrected chi connectivity index (χ4v) is 0.469. The standard InChI is InChI=1S/C5H7FO2/c1-3(6)5(7)4-2-8-4/h3-4H,2H2,1H3/t3-,4?/m1/s1. The van der Waals surface area contributed by atoms with E-state index in [-0.39, 0.29) is 0 Å². The molecule has 2 nitrogen and oxygen atoms in total. The van der Waals surface area contributed by atoms with Gasteiger partial charge in [0.15, 0.2) is 12.0 Å². The first-order chi connectivity index (χ1) is 3.72. The maximum absolute atomic E-state index is 12.0. The molecule has 1 aliphatic heterocycles. The second-order valence-corrected chi connectivity index (χ2v) is 1.84. The van der Waals surface area contributed by atoms with E-state index in [1.54, 1.807) is 0 Å². The van der Waals surface area contributed by atoms with Gasteiger partial charge in [0.05, 0.1) is 6.61 Å². The van der Waals surface area contributed by atoms with E-state index in [1.807, 2.05) is 0 Å². The molecule has 1 rings (SSSR count). The summed E-state index contributed by atoms with van der Waals surface area (Å²) in [7, 11) is 0. The fourth-order valence-electron chi connectivity index (χ4n) is 0.469. The Bertz CT molecular complexity index is 103. The van der Waals surface area contributed by atoms with Crippen LogP contribution in [0.1, 0.15) is 6.92 Å². The van der Waals surface area contributed by atoms with Gasteiger partial charge in [-0.2, -0.15) is 0 Å². The van der Waals surface area contributed by atoms with Crippen molar-refractivity contribution in [3.63, 3.8) is 0 Å². The number of ether oxygens (including phenoxy) is 1. The van der Waals surface area contributed by atoms with E-state index in [2.05, 4.69) is 4.74 Å². The number of Topliss-reactive ketones (excluding diaryl/α,β-unsaturated/α-hetero) is 1. The van der Waals surface area contributed by atoms with Crippen molar-refractivity contribution in [1.82, 2.24) is 0 Å². The van der Waals surface area contributed by atoms with Crippen LogP contribution in [0.3, 0.4) is 0 Å². The largest absolute Gasteiger partial charge is 0.365 e. The number of alkyl halides is 1. The first kappa shape index (κ1) is 5.69. The highest BCUT2D eigenvalue weighted by atomic mass is 19.1. The first-order valence-electron chi connectivity index (χ1n) is 2.51. The Morgan fingerprint density at radius 3 is 2.62 bits per heavy atom. The van der Waals surface area contributed by atoms with Crippen LogP contribution in [0.25, 0.3) is 0 Å². The van der Waals surface area contributed by atoms with Crippen LogP contribution in [0.5, 0.6) is 0 Å². The molecule has 0 aliphatic carbocycles. The SMILES string of the molecule is C[C@@H](F)C(=O)C1CO1. The van der Waals surface area contributed by atoms with Gasteiger partial charge in [0.2, 0.25) is 0 Å². The summed E-state index contributed by atoms with van der Waals surface area (Å²) in [4.78, 5) is 10.4. The van der Waals surface area contributed by atoms with Crippen molar-refractivity contribution in [2.75, 3.05) is 6.61 Å². The van der Waals surface area contributed by atoms with E-state index in [0.717, 1.165) is 0 Å². The van der Waals surface area contributed by atoms with Gasteiger partial charge in [-0.3, -0.25) is 4.79 Å². The highest BCUT2D eigenvalue weighted by Crippen LogP contribution is 2.12. The van der Waals surface area contributed by atoms with E-state index in [9.17, 15) is 9.18 Å². The molecule has 8 heavy (non-hydrogen) atoms. The number of ketones is 1. The van der Waals surface area contributed by atoms with E-state index in [0.29, 0.717) is 6.61 Å². The van der Waals surface area contributed by atoms with Gasteiger partial charge in [-0.05, 0) is 6.92 Å². The molecule has 0 saturated carbocycles. The minimum absolute atomic E-state index is 0.410. The van der Waals surface area contributed by atoms with Crippen LogP contribution in [-0.4, -0.2) is 24.7 Å². The second-order valence-electron chi connectivity index (χ2n) is 1.84. The normalized spacial score (nSPS) is 29.5. The molecule has 1 fully saturated rings. The average molecular weight is 118 g/mol.